The highest BCUT2D eigenvalue weighted by atomic mass is 16.3. The summed E-state index contributed by atoms with van der Waals surface area (Å²) in [5.74, 6) is 1.21. The van der Waals surface area contributed by atoms with Crippen molar-refractivity contribution < 1.29 is 14.7 Å². The zero-order valence-corrected chi connectivity index (χ0v) is 22.1. The van der Waals surface area contributed by atoms with E-state index < -0.39 is 6.10 Å². The summed E-state index contributed by atoms with van der Waals surface area (Å²) in [6.45, 7) is 16.4. The van der Waals surface area contributed by atoms with E-state index in [1.165, 1.54) is 6.29 Å². The zero-order valence-electron chi connectivity index (χ0n) is 22.1. The molecular weight excluding hydrogens is 408 g/mol. The lowest BCUT2D eigenvalue weighted by Crippen LogP contribution is -2.66. The van der Waals surface area contributed by atoms with Crippen LogP contribution in [0.15, 0.2) is 11.6 Å². The minimum Gasteiger partial charge on any atom is -0.385 e. The third kappa shape index (κ3) is 2.84. The quantitative estimate of drug-likeness (QED) is 0.362. The molecule has 3 heteroatoms. The van der Waals surface area contributed by atoms with Gasteiger partial charge in [-0.3, -0.25) is 4.79 Å². The van der Waals surface area contributed by atoms with Gasteiger partial charge in [0.15, 0.2) is 5.78 Å². The molecule has 4 saturated carbocycles. The van der Waals surface area contributed by atoms with E-state index in [2.05, 4.69) is 54.5 Å². The van der Waals surface area contributed by atoms with Gasteiger partial charge in [0.25, 0.3) is 0 Å². The number of Topliss-reactive ketones (excluding diaryl/α,β-unsaturated/α-hetero) is 1. The van der Waals surface area contributed by atoms with Crippen molar-refractivity contribution in [3.63, 3.8) is 0 Å². The van der Waals surface area contributed by atoms with Gasteiger partial charge < -0.3 is 9.90 Å². The van der Waals surface area contributed by atoms with Crippen LogP contribution in [0.4, 0.5) is 0 Å². The Kier molecular flexibility index (Phi) is 4.92. The van der Waals surface area contributed by atoms with Gasteiger partial charge in [-0.15, -0.1) is 0 Å². The fourth-order valence-corrected chi connectivity index (χ4v) is 10.4. The lowest BCUT2D eigenvalue weighted by atomic mass is 9.33. The summed E-state index contributed by atoms with van der Waals surface area (Å²) in [6.07, 6.45) is 12.2. The molecule has 0 aromatic heterocycles. The molecule has 1 N–H and O–H groups in total. The van der Waals surface area contributed by atoms with Crippen LogP contribution in [0.2, 0.25) is 0 Å². The summed E-state index contributed by atoms with van der Waals surface area (Å²) >= 11 is 0. The van der Waals surface area contributed by atoms with E-state index in [-0.39, 0.29) is 38.3 Å². The number of aliphatic hydroxyl groups excluding tert-OH is 1. The van der Waals surface area contributed by atoms with Crippen LogP contribution in [0.1, 0.15) is 106 Å². The second-order valence-corrected chi connectivity index (χ2v) is 14.9. The van der Waals surface area contributed by atoms with Crippen LogP contribution >= 0.6 is 0 Å². The number of aliphatic hydroxyl groups is 1. The summed E-state index contributed by atoms with van der Waals surface area (Å²) in [5, 5.41) is 10.8. The first-order chi connectivity index (χ1) is 15.2. The molecule has 5 aliphatic carbocycles. The predicted molar refractivity (Wildman–Crippen MR) is 131 cm³/mol. The molecule has 33 heavy (non-hydrogen) atoms. The highest BCUT2D eigenvalue weighted by molar-refractivity contribution is 5.85. The fourth-order valence-electron chi connectivity index (χ4n) is 10.4. The highest BCUT2D eigenvalue weighted by Gasteiger charge is 2.69. The van der Waals surface area contributed by atoms with E-state index in [9.17, 15) is 14.7 Å². The van der Waals surface area contributed by atoms with Crippen LogP contribution in [0.5, 0.6) is 0 Å². The van der Waals surface area contributed by atoms with Gasteiger partial charge in [0, 0.05) is 17.3 Å². The number of ketones is 1. The third-order valence-corrected chi connectivity index (χ3v) is 12.7. The normalized spacial score (nSPS) is 52.5. The molecule has 5 rings (SSSR count). The number of carbonyl (C=O) groups is 2. The number of allylic oxidation sites excluding steroid dienone is 2. The standard InChI is InChI=1S/C30H46O3/c1-25(2)12-14-30(18-31)15-13-28(6)19(20(30)16-25)8-9-23-27(5)17-21(32)24(33)26(3,4)22(27)10-11-29(23,28)7/h8,18,20,22-24,33H,9-17H2,1-7H3/t20-,22-,23+,24+,27-,28+,29+,30+/m0/s1. The molecular formula is C30H46O3. The topological polar surface area (TPSA) is 54.4 Å². The van der Waals surface area contributed by atoms with Gasteiger partial charge in [-0.2, -0.15) is 0 Å². The number of hydrogen-bond acceptors (Lipinski definition) is 3. The van der Waals surface area contributed by atoms with E-state index in [4.69, 9.17) is 0 Å². The molecule has 3 nitrogen and oxygen atoms in total. The Balaban J connectivity index is 1.60. The molecule has 184 valence electrons. The molecule has 5 aliphatic rings. The number of hydrogen-bond donors (Lipinski definition) is 1. The SMILES string of the molecule is CC1(C)CC[C@]2(C=O)CC[C@]3(C)C(=CC[C@@H]4[C@@]5(C)CC(=O)[C@@H](O)C(C)(C)[C@@H]5CC[C@]43C)[C@@H]2C1. The van der Waals surface area contributed by atoms with E-state index in [0.717, 1.165) is 51.4 Å². The molecule has 0 aromatic carbocycles. The molecule has 0 unspecified atom stereocenters. The molecule has 0 heterocycles. The van der Waals surface area contributed by atoms with Crippen molar-refractivity contribution in [2.24, 2.45) is 50.2 Å². The van der Waals surface area contributed by atoms with Crippen LogP contribution in [0.3, 0.4) is 0 Å². The number of aldehydes is 1. The van der Waals surface area contributed by atoms with Crippen LogP contribution in [-0.2, 0) is 9.59 Å². The molecule has 8 atom stereocenters. The van der Waals surface area contributed by atoms with Gasteiger partial charge >= 0.3 is 0 Å². The van der Waals surface area contributed by atoms with Crippen molar-refractivity contribution >= 4 is 12.1 Å². The Bertz CT molecular complexity index is 914. The van der Waals surface area contributed by atoms with Crippen molar-refractivity contribution in [2.45, 2.75) is 112 Å². The van der Waals surface area contributed by atoms with Gasteiger partial charge in [0.2, 0.25) is 0 Å². The maximum absolute atomic E-state index is 13.0. The van der Waals surface area contributed by atoms with E-state index in [0.29, 0.717) is 24.2 Å². The average molecular weight is 455 g/mol. The molecule has 0 saturated heterocycles. The van der Waals surface area contributed by atoms with Crippen molar-refractivity contribution in [1.82, 2.24) is 0 Å². The maximum atomic E-state index is 13.0. The summed E-state index contributed by atoms with van der Waals surface area (Å²) in [4.78, 5) is 25.6. The van der Waals surface area contributed by atoms with Gasteiger partial charge in [-0.25, -0.2) is 0 Å². The van der Waals surface area contributed by atoms with Crippen LogP contribution in [0, 0.1) is 50.2 Å². The van der Waals surface area contributed by atoms with E-state index >= 15 is 0 Å². The fraction of sp³-hybridized carbons (Fsp3) is 0.867. The van der Waals surface area contributed by atoms with Crippen LogP contribution < -0.4 is 0 Å². The molecule has 0 aromatic rings. The molecule has 4 fully saturated rings. The Labute approximate surface area is 201 Å². The van der Waals surface area contributed by atoms with Crippen molar-refractivity contribution in [3.8, 4) is 0 Å². The number of fused-ring (bicyclic) bond motifs is 7. The largest absolute Gasteiger partial charge is 0.385 e. The van der Waals surface area contributed by atoms with E-state index in [1.54, 1.807) is 5.57 Å². The lowest BCUT2D eigenvalue weighted by molar-refractivity contribution is -0.202. The summed E-state index contributed by atoms with van der Waals surface area (Å²) in [6, 6.07) is 0. The predicted octanol–water partition coefficient (Wildman–Crippen LogP) is 6.53. The van der Waals surface area contributed by atoms with Crippen LogP contribution in [0.25, 0.3) is 0 Å². The molecule has 0 aliphatic heterocycles. The molecule has 0 spiro atoms. The first kappa shape index (κ1) is 23.8. The van der Waals surface area contributed by atoms with Crippen LogP contribution in [-0.4, -0.2) is 23.3 Å². The monoisotopic (exact) mass is 454 g/mol. The van der Waals surface area contributed by atoms with Crippen molar-refractivity contribution in [3.05, 3.63) is 11.6 Å². The highest BCUT2D eigenvalue weighted by Crippen LogP contribution is 2.75. The van der Waals surface area contributed by atoms with Crippen molar-refractivity contribution in [1.29, 1.82) is 0 Å². The second kappa shape index (κ2) is 6.83. The zero-order chi connectivity index (χ0) is 24.2. The number of carbonyl (C=O) groups excluding carboxylic acids is 2. The maximum Gasteiger partial charge on any atom is 0.162 e. The minimum atomic E-state index is -0.836. The Morgan fingerprint density at radius 1 is 0.939 bits per heavy atom. The van der Waals surface area contributed by atoms with Gasteiger partial charge in [0.1, 0.15) is 12.4 Å². The van der Waals surface area contributed by atoms with Gasteiger partial charge in [0.05, 0.1) is 0 Å². The third-order valence-electron chi connectivity index (χ3n) is 12.7. The second-order valence-electron chi connectivity index (χ2n) is 14.9. The van der Waals surface area contributed by atoms with Gasteiger partial charge in [-0.1, -0.05) is 60.1 Å². The average Bonchev–Trinajstić information content (AvgIpc) is 2.72. The van der Waals surface area contributed by atoms with Crippen molar-refractivity contribution in [2.75, 3.05) is 0 Å². The van der Waals surface area contributed by atoms with Gasteiger partial charge in [-0.05, 0) is 90.8 Å². The first-order valence-corrected chi connectivity index (χ1v) is 13.5. The summed E-state index contributed by atoms with van der Waals surface area (Å²) in [5.41, 5.74) is 1.45. The minimum absolute atomic E-state index is 0.0422. The van der Waals surface area contributed by atoms with E-state index in [1.807, 2.05) is 0 Å². The summed E-state index contributed by atoms with van der Waals surface area (Å²) < 4.78 is 0. The first-order valence-electron chi connectivity index (χ1n) is 13.5. The Morgan fingerprint density at radius 2 is 1.61 bits per heavy atom. The molecule has 0 bridgehead atoms. The Hall–Kier alpha value is -0.960. The molecule has 0 radical (unpaired) electrons. The number of rotatable bonds is 1. The summed E-state index contributed by atoms with van der Waals surface area (Å²) in [7, 11) is 0. The lowest BCUT2D eigenvalue weighted by Gasteiger charge is -2.70. The Morgan fingerprint density at radius 3 is 2.27 bits per heavy atom. The smallest absolute Gasteiger partial charge is 0.162 e. The molecule has 0 amide bonds.